The van der Waals surface area contributed by atoms with Gasteiger partial charge < -0.3 is 10.2 Å². The first-order valence-corrected chi connectivity index (χ1v) is 5.73. The SMILES string of the molecule is CN(C)C(=O)CCNCc1cc(Cl)ccc1F. The second kappa shape index (κ2) is 6.57. The maximum atomic E-state index is 13.3. The number of nitrogens with one attached hydrogen (secondary N) is 1. The summed E-state index contributed by atoms with van der Waals surface area (Å²) in [6, 6.07) is 4.43. The van der Waals surface area contributed by atoms with Gasteiger partial charge in [-0.3, -0.25) is 4.79 Å². The highest BCUT2D eigenvalue weighted by molar-refractivity contribution is 6.30. The quantitative estimate of drug-likeness (QED) is 0.820. The predicted molar refractivity (Wildman–Crippen MR) is 66.4 cm³/mol. The van der Waals surface area contributed by atoms with Crippen LogP contribution >= 0.6 is 11.6 Å². The summed E-state index contributed by atoms with van der Waals surface area (Å²) >= 11 is 5.77. The lowest BCUT2D eigenvalue weighted by molar-refractivity contribution is -0.128. The summed E-state index contributed by atoms with van der Waals surface area (Å²) in [7, 11) is 3.41. The summed E-state index contributed by atoms with van der Waals surface area (Å²) in [5.41, 5.74) is 0.509. The van der Waals surface area contributed by atoms with Crippen LogP contribution in [0.5, 0.6) is 0 Å². The van der Waals surface area contributed by atoms with E-state index in [-0.39, 0.29) is 11.7 Å². The van der Waals surface area contributed by atoms with Crippen molar-refractivity contribution in [3.63, 3.8) is 0 Å². The molecule has 1 rings (SSSR count). The van der Waals surface area contributed by atoms with Gasteiger partial charge in [0.2, 0.25) is 5.91 Å². The molecule has 0 fully saturated rings. The van der Waals surface area contributed by atoms with Crippen LogP contribution in [0.2, 0.25) is 5.02 Å². The highest BCUT2D eigenvalue weighted by atomic mass is 35.5. The largest absolute Gasteiger partial charge is 0.349 e. The number of halogens is 2. The fraction of sp³-hybridized carbons (Fsp3) is 0.417. The van der Waals surface area contributed by atoms with Crippen LogP contribution in [-0.4, -0.2) is 31.4 Å². The van der Waals surface area contributed by atoms with E-state index in [1.54, 1.807) is 20.2 Å². The number of amides is 1. The summed E-state index contributed by atoms with van der Waals surface area (Å²) in [6.07, 6.45) is 0.398. The monoisotopic (exact) mass is 258 g/mol. The Morgan fingerprint density at radius 1 is 1.47 bits per heavy atom. The smallest absolute Gasteiger partial charge is 0.223 e. The first-order valence-electron chi connectivity index (χ1n) is 5.35. The summed E-state index contributed by atoms with van der Waals surface area (Å²) in [4.78, 5) is 12.8. The molecule has 1 amide bonds. The number of nitrogens with zero attached hydrogens (tertiary/aromatic N) is 1. The molecule has 0 heterocycles. The standard InChI is InChI=1S/C12H16ClFN2O/c1-16(2)12(17)5-6-15-8-9-7-10(13)3-4-11(9)14/h3-4,7,15H,5-6,8H2,1-2H3. The Hall–Kier alpha value is -1.13. The van der Waals surface area contributed by atoms with Gasteiger partial charge in [-0.25, -0.2) is 4.39 Å². The third-order valence-corrected chi connectivity index (χ3v) is 2.57. The second-order valence-corrected chi connectivity index (χ2v) is 4.39. The molecule has 0 unspecified atom stereocenters. The zero-order valence-corrected chi connectivity index (χ0v) is 10.7. The van der Waals surface area contributed by atoms with Crippen molar-refractivity contribution in [1.82, 2.24) is 10.2 Å². The molecule has 0 atom stereocenters. The zero-order chi connectivity index (χ0) is 12.8. The molecule has 0 aromatic heterocycles. The third-order valence-electron chi connectivity index (χ3n) is 2.34. The lowest BCUT2D eigenvalue weighted by Gasteiger charge is -2.10. The molecule has 0 saturated heterocycles. The minimum absolute atomic E-state index is 0.0454. The van der Waals surface area contributed by atoms with Crippen molar-refractivity contribution in [2.24, 2.45) is 0 Å². The molecule has 1 N–H and O–H groups in total. The summed E-state index contributed by atoms with van der Waals surface area (Å²) in [6.45, 7) is 0.885. The Labute approximate surface area is 106 Å². The minimum atomic E-state index is -0.291. The number of hydrogen-bond acceptors (Lipinski definition) is 2. The molecule has 3 nitrogen and oxygen atoms in total. The highest BCUT2D eigenvalue weighted by Gasteiger charge is 2.05. The third kappa shape index (κ3) is 4.71. The van der Waals surface area contributed by atoms with Crippen LogP contribution in [0.4, 0.5) is 4.39 Å². The Kier molecular flexibility index (Phi) is 5.38. The van der Waals surface area contributed by atoms with Gasteiger partial charge >= 0.3 is 0 Å². The number of rotatable bonds is 5. The molecule has 0 spiro atoms. The van der Waals surface area contributed by atoms with Gasteiger partial charge in [-0.15, -0.1) is 0 Å². The van der Waals surface area contributed by atoms with Crippen molar-refractivity contribution >= 4 is 17.5 Å². The van der Waals surface area contributed by atoms with Crippen LogP contribution in [0.25, 0.3) is 0 Å². The Morgan fingerprint density at radius 2 is 2.18 bits per heavy atom. The zero-order valence-electron chi connectivity index (χ0n) is 9.96. The van der Waals surface area contributed by atoms with Crippen LogP contribution in [0.1, 0.15) is 12.0 Å². The number of hydrogen-bond donors (Lipinski definition) is 1. The van der Waals surface area contributed by atoms with Crippen LogP contribution in [0, 0.1) is 5.82 Å². The van der Waals surface area contributed by atoms with E-state index in [4.69, 9.17) is 11.6 Å². The van der Waals surface area contributed by atoms with Crippen molar-refractivity contribution in [3.8, 4) is 0 Å². The van der Waals surface area contributed by atoms with Gasteiger partial charge in [0.25, 0.3) is 0 Å². The molecular formula is C12H16ClFN2O. The first kappa shape index (κ1) is 13.9. The van der Waals surface area contributed by atoms with Gasteiger partial charge in [0.1, 0.15) is 5.82 Å². The first-order chi connectivity index (χ1) is 8.00. The van der Waals surface area contributed by atoms with E-state index in [0.29, 0.717) is 30.1 Å². The summed E-state index contributed by atoms with van der Waals surface area (Å²) in [5.74, 6) is -0.245. The molecule has 0 aliphatic rings. The molecule has 17 heavy (non-hydrogen) atoms. The fourth-order valence-electron chi connectivity index (χ4n) is 1.32. The molecule has 0 saturated carbocycles. The van der Waals surface area contributed by atoms with Crippen molar-refractivity contribution in [2.45, 2.75) is 13.0 Å². The summed E-state index contributed by atoms with van der Waals surface area (Å²) < 4.78 is 13.3. The van der Waals surface area contributed by atoms with Gasteiger partial charge in [0, 0.05) is 44.2 Å². The molecule has 1 aromatic carbocycles. The maximum absolute atomic E-state index is 13.3. The molecule has 0 aliphatic heterocycles. The summed E-state index contributed by atoms with van der Waals surface area (Å²) in [5, 5.41) is 3.52. The van der Waals surface area contributed by atoms with Crippen molar-refractivity contribution in [3.05, 3.63) is 34.6 Å². The van der Waals surface area contributed by atoms with E-state index < -0.39 is 0 Å². The van der Waals surface area contributed by atoms with Crippen LogP contribution < -0.4 is 5.32 Å². The molecule has 1 aromatic rings. The van der Waals surface area contributed by atoms with E-state index >= 15 is 0 Å². The normalized spacial score (nSPS) is 10.4. The van der Waals surface area contributed by atoms with Gasteiger partial charge in [0.15, 0.2) is 0 Å². The van der Waals surface area contributed by atoms with Crippen LogP contribution in [0.3, 0.4) is 0 Å². The lowest BCUT2D eigenvalue weighted by Crippen LogP contribution is -2.26. The Bertz CT molecular complexity index is 396. The van der Waals surface area contributed by atoms with Gasteiger partial charge in [0.05, 0.1) is 0 Å². The van der Waals surface area contributed by atoms with Crippen molar-refractivity contribution in [2.75, 3.05) is 20.6 Å². The van der Waals surface area contributed by atoms with Gasteiger partial charge in [-0.1, -0.05) is 11.6 Å². The van der Waals surface area contributed by atoms with Crippen molar-refractivity contribution < 1.29 is 9.18 Å². The van der Waals surface area contributed by atoms with E-state index in [0.717, 1.165) is 0 Å². The molecular weight excluding hydrogens is 243 g/mol. The van der Waals surface area contributed by atoms with E-state index in [1.165, 1.54) is 17.0 Å². The Morgan fingerprint density at radius 3 is 2.82 bits per heavy atom. The lowest BCUT2D eigenvalue weighted by atomic mass is 10.2. The molecule has 0 radical (unpaired) electrons. The molecule has 94 valence electrons. The molecule has 0 bridgehead atoms. The van der Waals surface area contributed by atoms with Crippen molar-refractivity contribution in [1.29, 1.82) is 0 Å². The number of carbonyl (C=O) groups excluding carboxylic acids is 1. The van der Waals surface area contributed by atoms with E-state index in [9.17, 15) is 9.18 Å². The second-order valence-electron chi connectivity index (χ2n) is 3.95. The van der Waals surface area contributed by atoms with Gasteiger partial charge in [-0.05, 0) is 18.2 Å². The topological polar surface area (TPSA) is 32.3 Å². The highest BCUT2D eigenvalue weighted by Crippen LogP contribution is 2.14. The Balaban J connectivity index is 2.36. The van der Waals surface area contributed by atoms with Crippen LogP contribution in [-0.2, 0) is 11.3 Å². The van der Waals surface area contributed by atoms with E-state index in [2.05, 4.69) is 5.32 Å². The maximum Gasteiger partial charge on any atom is 0.223 e. The van der Waals surface area contributed by atoms with Gasteiger partial charge in [-0.2, -0.15) is 0 Å². The molecule has 0 aliphatic carbocycles. The average Bonchev–Trinajstić information content (AvgIpc) is 2.28. The number of carbonyl (C=O) groups is 1. The molecule has 5 heteroatoms. The number of benzene rings is 1. The minimum Gasteiger partial charge on any atom is -0.349 e. The average molecular weight is 259 g/mol. The van der Waals surface area contributed by atoms with Crippen LogP contribution in [0.15, 0.2) is 18.2 Å². The fourth-order valence-corrected chi connectivity index (χ4v) is 1.52. The predicted octanol–water partition coefficient (Wildman–Crippen LogP) is 2.05. The van der Waals surface area contributed by atoms with E-state index in [1.807, 2.05) is 0 Å².